The standard InChI is InChI=1S/C20H16N4O2/c1-12-11-13(2)22-20(21-12)23-14-7-9-15(10-8-14)24-18(25)16-5-3-4-6-17(16)19(24)26/h3-11H,1-2H3,(H,21,22,23). The van der Waals surface area contributed by atoms with Crippen LogP contribution in [0.4, 0.5) is 17.3 Å². The minimum atomic E-state index is -0.302. The minimum Gasteiger partial charge on any atom is -0.324 e. The molecule has 0 aliphatic carbocycles. The topological polar surface area (TPSA) is 75.2 Å². The van der Waals surface area contributed by atoms with Gasteiger partial charge in [0.25, 0.3) is 11.8 Å². The summed E-state index contributed by atoms with van der Waals surface area (Å²) in [5.41, 5.74) is 3.93. The Labute approximate surface area is 150 Å². The highest BCUT2D eigenvalue weighted by Crippen LogP contribution is 2.29. The molecular formula is C20H16N4O2. The number of fused-ring (bicyclic) bond motifs is 1. The molecule has 4 rings (SSSR count). The molecule has 0 unspecified atom stereocenters. The molecule has 0 fully saturated rings. The molecular weight excluding hydrogens is 328 g/mol. The molecule has 0 spiro atoms. The fourth-order valence-electron chi connectivity index (χ4n) is 3.03. The predicted molar refractivity (Wildman–Crippen MR) is 98.8 cm³/mol. The number of imide groups is 1. The first-order chi connectivity index (χ1) is 12.5. The summed E-state index contributed by atoms with van der Waals surface area (Å²) in [4.78, 5) is 34.9. The van der Waals surface area contributed by atoms with E-state index in [0.717, 1.165) is 17.1 Å². The van der Waals surface area contributed by atoms with Gasteiger partial charge in [0.05, 0.1) is 16.8 Å². The maximum absolute atomic E-state index is 12.5. The van der Waals surface area contributed by atoms with Crippen LogP contribution in [0.2, 0.25) is 0 Å². The van der Waals surface area contributed by atoms with Crippen LogP contribution in [0.3, 0.4) is 0 Å². The number of hydrogen-bond donors (Lipinski definition) is 1. The Kier molecular flexibility index (Phi) is 3.73. The Morgan fingerprint density at radius 3 is 1.88 bits per heavy atom. The lowest BCUT2D eigenvalue weighted by molar-refractivity contribution is 0.0926. The van der Waals surface area contributed by atoms with Gasteiger partial charge in [0.1, 0.15) is 0 Å². The Bertz CT molecular complexity index is 973. The molecule has 0 atom stereocenters. The van der Waals surface area contributed by atoms with E-state index in [9.17, 15) is 9.59 Å². The fourth-order valence-corrected chi connectivity index (χ4v) is 3.03. The van der Waals surface area contributed by atoms with Crippen LogP contribution in [-0.2, 0) is 0 Å². The van der Waals surface area contributed by atoms with Crippen molar-refractivity contribution in [2.45, 2.75) is 13.8 Å². The van der Waals surface area contributed by atoms with Crippen molar-refractivity contribution < 1.29 is 9.59 Å². The lowest BCUT2D eigenvalue weighted by Gasteiger charge is -2.14. The van der Waals surface area contributed by atoms with Gasteiger partial charge in [0.2, 0.25) is 5.95 Å². The van der Waals surface area contributed by atoms with Gasteiger partial charge < -0.3 is 5.32 Å². The van der Waals surface area contributed by atoms with Crippen LogP contribution in [0.25, 0.3) is 0 Å². The number of benzene rings is 2. The number of nitrogens with one attached hydrogen (secondary N) is 1. The first-order valence-electron chi connectivity index (χ1n) is 8.20. The predicted octanol–water partition coefficient (Wildman–Crippen LogP) is 3.64. The second-order valence-electron chi connectivity index (χ2n) is 6.14. The van der Waals surface area contributed by atoms with Crippen molar-refractivity contribution in [1.29, 1.82) is 0 Å². The molecule has 1 N–H and O–H groups in total. The highest BCUT2D eigenvalue weighted by Gasteiger charge is 2.36. The lowest BCUT2D eigenvalue weighted by atomic mass is 10.1. The van der Waals surface area contributed by atoms with Gasteiger partial charge in [-0.15, -0.1) is 0 Å². The molecule has 0 bridgehead atoms. The smallest absolute Gasteiger partial charge is 0.266 e. The number of carbonyl (C=O) groups excluding carboxylic acids is 2. The van der Waals surface area contributed by atoms with E-state index in [1.807, 2.05) is 19.9 Å². The molecule has 0 radical (unpaired) electrons. The molecule has 128 valence electrons. The lowest BCUT2D eigenvalue weighted by Crippen LogP contribution is -2.29. The van der Waals surface area contributed by atoms with Crippen molar-refractivity contribution in [3.8, 4) is 0 Å². The summed E-state index contributed by atoms with van der Waals surface area (Å²) in [7, 11) is 0. The van der Waals surface area contributed by atoms with E-state index in [1.165, 1.54) is 4.90 Å². The van der Waals surface area contributed by atoms with E-state index in [2.05, 4.69) is 15.3 Å². The van der Waals surface area contributed by atoms with Crippen molar-refractivity contribution >= 4 is 29.1 Å². The maximum atomic E-state index is 12.5. The van der Waals surface area contributed by atoms with Crippen molar-refractivity contribution in [3.63, 3.8) is 0 Å². The normalized spacial score (nSPS) is 13.1. The molecule has 6 nitrogen and oxygen atoms in total. The second-order valence-corrected chi connectivity index (χ2v) is 6.14. The summed E-state index contributed by atoms with van der Waals surface area (Å²) in [5.74, 6) is -0.0936. The Hall–Kier alpha value is -3.54. The SMILES string of the molecule is Cc1cc(C)nc(Nc2ccc(N3C(=O)c4ccccc4C3=O)cc2)n1. The summed E-state index contributed by atoms with van der Waals surface area (Å²) in [6.45, 7) is 3.82. The average Bonchev–Trinajstić information content (AvgIpc) is 2.86. The van der Waals surface area contributed by atoms with Crippen molar-refractivity contribution in [3.05, 3.63) is 77.1 Å². The van der Waals surface area contributed by atoms with E-state index in [4.69, 9.17) is 0 Å². The van der Waals surface area contributed by atoms with E-state index in [0.29, 0.717) is 22.8 Å². The summed E-state index contributed by atoms with van der Waals surface area (Å²) in [6, 6.07) is 15.8. The third-order valence-corrected chi connectivity index (χ3v) is 4.16. The van der Waals surface area contributed by atoms with E-state index in [1.54, 1.807) is 48.5 Å². The van der Waals surface area contributed by atoms with Gasteiger partial charge in [-0.3, -0.25) is 9.59 Å². The second kappa shape index (κ2) is 6.07. The van der Waals surface area contributed by atoms with E-state index >= 15 is 0 Å². The summed E-state index contributed by atoms with van der Waals surface area (Å²) in [5, 5.41) is 3.13. The molecule has 0 saturated heterocycles. The summed E-state index contributed by atoms with van der Waals surface area (Å²) < 4.78 is 0. The zero-order valence-electron chi connectivity index (χ0n) is 14.4. The zero-order chi connectivity index (χ0) is 18.3. The molecule has 6 heteroatoms. The van der Waals surface area contributed by atoms with Crippen molar-refractivity contribution in [1.82, 2.24) is 9.97 Å². The first-order valence-corrected chi connectivity index (χ1v) is 8.20. The molecule has 1 aliphatic rings. The number of aryl methyl sites for hydroxylation is 2. The number of anilines is 3. The van der Waals surface area contributed by atoms with Crippen LogP contribution in [0, 0.1) is 13.8 Å². The average molecular weight is 344 g/mol. The summed E-state index contributed by atoms with van der Waals surface area (Å²) in [6.07, 6.45) is 0. The van der Waals surface area contributed by atoms with Gasteiger partial charge in [0, 0.05) is 17.1 Å². The largest absolute Gasteiger partial charge is 0.324 e. The third kappa shape index (κ3) is 2.71. The molecule has 26 heavy (non-hydrogen) atoms. The fraction of sp³-hybridized carbons (Fsp3) is 0.100. The van der Waals surface area contributed by atoms with Gasteiger partial charge in [0.15, 0.2) is 0 Å². The highest BCUT2D eigenvalue weighted by molar-refractivity contribution is 6.34. The number of nitrogens with zero attached hydrogens (tertiary/aromatic N) is 3. The highest BCUT2D eigenvalue weighted by atomic mass is 16.2. The molecule has 3 aromatic rings. The summed E-state index contributed by atoms with van der Waals surface area (Å²) >= 11 is 0. The first kappa shape index (κ1) is 16.0. The number of carbonyl (C=O) groups is 2. The van der Waals surface area contributed by atoms with Crippen molar-refractivity contribution in [2.24, 2.45) is 0 Å². The Balaban J connectivity index is 1.59. The number of amides is 2. The van der Waals surface area contributed by atoms with Crippen LogP contribution < -0.4 is 10.2 Å². The van der Waals surface area contributed by atoms with Gasteiger partial charge in [-0.1, -0.05) is 12.1 Å². The van der Waals surface area contributed by atoms with Crippen molar-refractivity contribution in [2.75, 3.05) is 10.2 Å². The van der Waals surface area contributed by atoms with Gasteiger partial charge in [-0.25, -0.2) is 14.9 Å². The van der Waals surface area contributed by atoms with Gasteiger partial charge in [-0.2, -0.15) is 0 Å². The van der Waals surface area contributed by atoms with Crippen LogP contribution in [0.15, 0.2) is 54.6 Å². The molecule has 1 aliphatic heterocycles. The number of rotatable bonds is 3. The number of aromatic nitrogens is 2. The van der Waals surface area contributed by atoms with Gasteiger partial charge >= 0.3 is 0 Å². The maximum Gasteiger partial charge on any atom is 0.266 e. The molecule has 2 aromatic carbocycles. The van der Waals surface area contributed by atoms with E-state index in [-0.39, 0.29) is 11.8 Å². The quantitative estimate of drug-likeness (QED) is 0.734. The number of hydrogen-bond acceptors (Lipinski definition) is 5. The van der Waals surface area contributed by atoms with Crippen LogP contribution in [-0.4, -0.2) is 21.8 Å². The van der Waals surface area contributed by atoms with Crippen LogP contribution in [0.1, 0.15) is 32.1 Å². The van der Waals surface area contributed by atoms with E-state index < -0.39 is 0 Å². The molecule has 2 heterocycles. The molecule has 0 saturated carbocycles. The van der Waals surface area contributed by atoms with Crippen LogP contribution >= 0.6 is 0 Å². The zero-order valence-corrected chi connectivity index (χ0v) is 14.4. The minimum absolute atomic E-state index is 0.302. The van der Waals surface area contributed by atoms with Gasteiger partial charge in [-0.05, 0) is 56.3 Å². The third-order valence-electron chi connectivity index (χ3n) is 4.16. The Morgan fingerprint density at radius 2 is 1.35 bits per heavy atom. The Morgan fingerprint density at radius 1 is 0.808 bits per heavy atom. The molecule has 1 aromatic heterocycles. The van der Waals surface area contributed by atoms with Crippen LogP contribution in [0.5, 0.6) is 0 Å². The molecule has 2 amide bonds. The monoisotopic (exact) mass is 344 g/mol.